The lowest BCUT2D eigenvalue weighted by atomic mass is 10.1. The molecule has 6 nitrogen and oxygen atoms in total. The van der Waals surface area contributed by atoms with Gasteiger partial charge < -0.3 is 15.5 Å². The quantitative estimate of drug-likeness (QED) is 0.597. The van der Waals surface area contributed by atoms with E-state index in [1.165, 1.54) is 12.8 Å². The van der Waals surface area contributed by atoms with Crippen molar-refractivity contribution in [1.29, 1.82) is 0 Å². The summed E-state index contributed by atoms with van der Waals surface area (Å²) in [5, 5.41) is 9.23. The second-order valence-corrected chi connectivity index (χ2v) is 7.99. The summed E-state index contributed by atoms with van der Waals surface area (Å²) in [7, 11) is 0. The summed E-state index contributed by atoms with van der Waals surface area (Å²) in [6, 6.07) is 11.6. The Balaban J connectivity index is 1.29. The van der Waals surface area contributed by atoms with Crippen LogP contribution in [0.5, 0.6) is 0 Å². The first kappa shape index (κ1) is 19.5. The third-order valence-electron chi connectivity index (χ3n) is 5.03. The number of hydrogen-bond acceptors (Lipinski definition) is 6. The number of nitrogens with one attached hydrogen (secondary N) is 2. The van der Waals surface area contributed by atoms with Crippen molar-refractivity contribution in [3.8, 4) is 11.3 Å². The van der Waals surface area contributed by atoms with Gasteiger partial charge in [0, 0.05) is 48.5 Å². The lowest BCUT2D eigenvalue weighted by molar-refractivity contribution is 0.0950. The largest absolute Gasteiger partial charge is 0.357 e. The molecule has 0 bridgehead atoms. The molecule has 0 spiro atoms. The summed E-state index contributed by atoms with van der Waals surface area (Å²) in [6.07, 6.45) is 6.15. The monoisotopic (exact) mass is 407 g/mol. The number of rotatable bonds is 8. The Hall–Kier alpha value is -2.77. The number of pyridine rings is 1. The van der Waals surface area contributed by atoms with Crippen LogP contribution in [-0.2, 0) is 6.54 Å². The van der Waals surface area contributed by atoms with Gasteiger partial charge in [-0.25, -0.2) is 4.98 Å². The molecule has 1 aromatic carbocycles. The Morgan fingerprint density at radius 3 is 2.72 bits per heavy atom. The van der Waals surface area contributed by atoms with E-state index in [0.29, 0.717) is 18.7 Å². The molecule has 1 saturated heterocycles. The van der Waals surface area contributed by atoms with Crippen molar-refractivity contribution >= 4 is 22.4 Å². The molecule has 3 heterocycles. The van der Waals surface area contributed by atoms with Gasteiger partial charge in [0.2, 0.25) is 0 Å². The van der Waals surface area contributed by atoms with Gasteiger partial charge >= 0.3 is 0 Å². The molecule has 1 aliphatic rings. The lowest BCUT2D eigenvalue weighted by Gasteiger charge is -2.14. The highest BCUT2D eigenvalue weighted by Crippen LogP contribution is 2.25. The van der Waals surface area contributed by atoms with Crippen molar-refractivity contribution in [2.75, 3.05) is 31.5 Å². The van der Waals surface area contributed by atoms with Gasteiger partial charge in [-0.15, -0.1) is 11.3 Å². The number of benzene rings is 1. The predicted molar refractivity (Wildman–Crippen MR) is 117 cm³/mol. The molecule has 2 N–H and O–H groups in total. The number of likely N-dealkylation sites (tertiary alicyclic amines) is 1. The third-order valence-corrected chi connectivity index (χ3v) is 5.83. The Kier molecular flexibility index (Phi) is 6.49. The number of carbonyl (C=O) groups excluding carboxylic acids is 1. The van der Waals surface area contributed by atoms with Crippen molar-refractivity contribution in [3.63, 3.8) is 0 Å². The van der Waals surface area contributed by atoms with E-state index in [-0.39, 0.29) is 5.91 Å². The zero-order valence-electron chi connectivity index (χ0n) is 16.3. The van der Waals surface area contributed by atoms with E-state index in [1.807, 2.05) is 48.0 Å². The van der Waals surface area contributed by atoms with Crippen LogP contribution in [0.2, 0.25) is 0 Å². The highest BCUT2D eigenvalue weighted by Gasteiger charge is 2.12. The first-order valence-corrected chi connectivity index (χ1v) is 10.9. The topological polar surface area (TPSA) is 70.2 Å². The SMILES string of the molecule is O=C(NCCN1CCCC1)c1ccc(-c2csc(NCc3cccnc3)n2)cc1. The number of thiazole rings is 1. The maximum atomic E-state index is 12.3. The summed E-state index contributed by atoms with van der Waals surface area (Å²) >= 11 is 1.57. The zero-order valence-corrected chi connectivity index (χ0v) is 17.1. The van der Waals surface area contributed by atoms with Crippen molar-refractivity contribution in [2.45, 2.75) is 19.4 Å². The van der Waals surface area contributed by atoms with Crippen molar-refractivity contribution in [1.82, 2.24) is 20.2 Å². The molecule has 1 aliphatic heterocycles. The van der Waals surface area contributed by atoms with Crippen LogP contribution in [0.15, 0.2) is 54.2 Å². The maximum absolute atomic E-state index is 12.3. The first-order chi connectivity index (χ1) is 14.3. The zero-order chi connectivity index (χ0) is 19.9. The molecule has 0 atom stereocenters. The highest BCUT2D eigenvalue weighted by molar-refractivity contribution is 7.14. The van der Waals surface area contributed by atoms with Crippen LogP contribution in [0, 0.1) is 0 Å². The van der Waals surface area contributed by atoms with E-state index < -0.39 is 0 Å². The summed E-state index contributed by atoms with van der Waals surface area (Å²) in [6.45, 7) is 4.61. The smallest absolute Gasteiger partial charge is 0.251 e. The van der Waals surface area contributed by atoms with Gasteiger partial charge in [-0.05, 0) is 49.7 Å². The van der Waals surface area contributed by atoms with Crippen LogP contribution < -0.4 is 10.6 Å². The predicted octanol–water partition coefficient (Wildman–Crippen LogP) is 3.64. The summed E-state index contributed by atoms with van der Waals surface area (Å²) in [5.41, 5.74) is 3.71. The minimum Gasteiger partial charge on any atom is -0.357 e. The molecule has 4 rings (SSSR count). The standard InChI is InChI=1S/C22H25N5OS/c28-21(24-10-13-27-11-1-2-12-27)19-7-5-18(6-8-19)20-16-29-22(26-20)25-15-17-4-3-9-23-14-17/h3-9,14,16H,1-2,10-13,15H2,(H,24,28)(H,25,26). The molecule has 0 unspecified atom stereocenters. The van der Waals surface area contributed by atoms with Crippen LogP contribution >= 0.6 is 11.3 Å². The lowest BCUT2D eigenvalue weighted by Crippen LogP contribution is -2.33. The van der Waals surface area contributed by atoms with Gasteiger partial charge in [0.15, 0.2) is 5.13 Å². The molecular weight excluding hydrogens is 382 g/mol. The molecule has 29 heavy (non-hydrogen) atoms. The average molecular weight is 408 g/mol. The second kappa shape index (κ2) is 9.62. The van der Waals surface area contributed by atoms with Gasteiger partial charge in [0.05, 0.1) is 5.69 Å². The van der Waals surface area contributed by atoms with Gasteiger partial charge in [-0.3, -0.25) is 9.78 Å². The number of nitrogens with zero attached hydrogens (tertiary/aromatic N) is 3. The van der Waals surface area contributed by atoms with E-state index in [0.717, 1.165) is 41.6 Å². The van der Waals surface area contributed by atoms with Gasteiger partial charge in [-0.2, -0.15) is 0 Å². The second-order valence-electron chi connectivity index (χ2n) is 7.13. The van der Waals surface area contributed by atoms with Crippen LogP contribution in [0.1, 0.15) is 28.8 Å². The Bertz CT molecular complexity index is 920. The van der Waals surface area contributed by atoms with E-state index in [2.05, 4.69) is 25.5 Å². The van der Waals surface area contributed by atoms with Crippen LogP contribution in [-0.4, -0.2) is 47.0 Å². The average Bonchev–Trinajstić information content (AvgIpc) is 3.45. The Morgan fingerprint density at radius 2 is 1.97 bits per heavy atom. The fourth-order valence-electron chi connectivity index (χ4n) is 3.40. The summed E-state index contributed by atoms with van der Waals surface area (Å²) in [4.78, 5) is 23.5. The molecular formula is C22H25N5OS. The van der Waals surface area contributed by atoms with Crippen LogP contribution in [0.3, 0.4) is 0 Å². The van der Waals surface area contributed by atoms with Crippen molar-refractivity contribution in [2.24, 2.45) is 0 Å². The minimum absolute atomic E-state index is 0.0205. The molecule has 0 saturated carbocycles. The van der Waals surface area contributed by atoms with Gasteiger partial charge in [0.1, 0.15) is 0 Å². The van der Waals surface area contributed by atoms with E-state index in [9.17, 15) is 4.79 Å². The minimum atomic E-state index is -0.0205. The first-order valence-electron chi connectivity index (χ1n) is 9.97. The van der Waals surface area contributed by atoms with Crippen molar-refractivity contribution < 1.29 is 4.79 Å². The molecule has 2 aromatic heterocycles. The van der Waals surface area contributed by atoms with Gasteiger partial charge in [-0.1, -0.05) is 18.2 Å². The molecule has 1 amide bonds. The number of anilines is 1. The third kappa shape index (κ3) is 5.40. The number of carbonyl (C=O) groups is 1. The van der Waals surface area contributed by atoms with E-state index >= 15 is 0 Å². The highest BCUT2D eigenvalue weighted by atomic mass is 32.1. The molecule has 0 radical (unpaired) electrons. The Morgan fingerprint density at radius 1 is 1.14 bits per heavy atom. The molecule has 0 aliphatic carbocycles. The van der Waals surface area contributed by atoms with E-state index in [1.54, 1.807) is 17.5 Å². The molecule has 150 valence electrons. The van der Waals surface area contributed by atoms with E-state index in [4.69, 9.17) is 0 Å². The summed E-state index contributed by atoms with van der Waals surface area (Å²) in [5.74, 6) is -0.0205. The van der Waals surface area contributed by atoms with Crippen LogP contribution in [0.25, 0.3) is 11.3 Å². The van der Waals surface area contributed by atoms with Gasteiger partial charge in [0.25, 0.3) is 5.91 Å². The maximum Gasteiger partial charge on any atom is 0.251 e. The number of aromatic nitrogens is 2. The fraction of sp³-hybridized carbons (Fsp3) is 0.318. The van der Waals surface area contributed by atoms with Crippen LogP contribution in [0.4, 0.5) is 5.13 Å². The van der Waals surface area contributed by atoms with Crippen molar-refractivity contribution in [3.05, 3.63) is 65.3 Å². The summed E-state index contributed by atoms with van der Waals surface area (Å²) < 4.78 is 0. The Labute approximate surface area is 175 Å². The molecule has 7 heteroatoms. The molecule has 1 fully saturated rings. The fourth-order valence-corrected chi connectivity index (χ4v) is 4.11. The molecule has 3 aromatic rings. The number of amides is 1. The normalized spacial score (nSPS) is 14.1. The number of hydrogen-bond donors (Lipinski definition) is 2.